The number of aryl methyl sites for hydroxylation is 1. The monoisotopic (exact) mass is 274 g/mol. The van der Waals surface area contributed by atoms with Crippen LogP contribution in [0.5, 0.6) is 0 Å². The minimum Gasteiger partial charge on any atom is -0.480 e. The maximum Gasteiger partial charge on any atom is 0.328 e. The summed E-state index contributed by atoms with van der Waals surface area (Å²) in [4.78, 5) is 11.4. The molecule has 0 spiro atoms. The van der Waals surface area contributed by atoms with Gasteiger partial charge in [-0.05, 0) is 23.8 Å². The molecular weight excluding hydrogens is 256 g/mol. The lowest BCUT2D eigenvalue weighted by Gasteiger charge is -2.13. The minimum atomic E-state index is -0.904. The van der Waals surface area contributed by atoms with Gasteiger partial charge in [0, 0.05) is 5.56 Å². The van der Waals surface area contributed by atoms with E-state index in [4.69, 9.17) is 0 Å². The van der Waals surface area contributed by atoms with Crippen LogP contribution < -0.4 is 0 Å². The van der Waals surface area contributed by atoms with E-state index in [0.717, 1.165) is 24.0 Å². The first-order chi connectivity index (χ1) is 9.63. The van der Waals surface area contributed by atoms with Crippen LogP contribution in [0.25, 0.3) is 11.4 Å². The maximum absolute atomic E-state index is 11.4. The van der Waals surface area contributed by atoms with E-state index < -0.39 is 12.0 Å². The highest BCUT2D eigenvalue weighted by molar-refractivity contribution is 5.72. The number of aliphatic carboxylic acids is 1. The summed E-state index contributed by atoms with van der Waals surface area (Å²) in [6.45, 7) is 4.02. The summed E-state index contributed by atoms with van der Waals surface area (Å²) in [5.41, 5.74) is 1.96. The van der Waals surface area contributed by atoms with Gasteiger partial charge in [-0.3, -0.25) is 0 Å². The summed E-state index contributed by atoms with van der Waals surface area (Å²) in [6, 6.07) is 6.99. The third-order valence-corrected chi connectivity index (χ3v) is 3.21. The van der Waals surface area contributed by atoms with E-state index in [-0.39, 0.29) is 0 Å². The molecule has 0 aliphatic carbocycles. The summed E-state index contributed by atoms with van der Waals surface area (Å²) < 4.78 is 1.41. The Morgan fingerprint density at radius 3 is 2.65 bits per heavy atom. The summed E-state index contributed by atoms with van der Waals surface area (Å²) in [5.74, 6) is -0.410. The Kier molecular flexibility index (Phi) is 4.45. The lowest BCUT2D eigenvalue weighted by molar-refractivity contribution is -0.141. The first kappa shape index (κ1) is 14.2. The number of aromatic nitrogens is 4. The van der Waals surface area contributed by atoms with E-state index in [2.05, 4.69) is 15.5 Å². The number of hydrogen-bond acceptors (Lipinski definition) is 4. The molecule has 2 aromatic rings. The van der Waals surface area contributed by atoms with Gasteiger partial charge in [0.05, 0.1) is 0 Å². The zero-order chi connectivity index (χ0) is 14.5. The van der Waals surface area contributed by atoms with Crippen LogP contribution >= 0.6 is 0 Å². The van der Waals surface area contributed by atoms with Crippen molar-refractivity contribution in [3.63, 3.8) is 0 Å². The molecule has 2 rings (SSSR count). The van der Waals surface area contributed by atoms with Crippen LogP contribution in [0.3, 0.4) is 0 Å². The number of benzene rings is 1. The maximum atomic E-state index is 11.4. The first-order valence-corrected chi connectivity index (χ1v) is 6.71. The Labute approximate surface area is 117 Å². The van der Waals surface area contributed by atoms with Crippen LogP contribution in [0.15, 0.2) is 24.3 Å². The Balaban J connectivity index is 2.35. The molecule has 0 aliphatic heterocycles. The minimum absolute atomic E-state index is 0.494. The highest BCUT2D eigenvalue weighted by Gasteiger charge is 2.24. The molecular formula is C14H18N4O2. The second-order valence-electron chi connectivity index (χ2n) is 4.81. The van der Waals surface area contributed by atoms with E-state index in [9.17, 15) is 9.90 Å². The van der Waals surface area contributed by atoms with Crippen molar-refractivity contribution in [2.75, 3.05) is 0 Å². The predicted molar refractivity (Wildman–Crippen MR) is 74.2 cm³/mol. The number of tetrazole rings is 1. The zero-order valence-corrected chi connectivity index (χ0v) is 11.7. The normalized spacial score (nSPS) is 12.3. The summed E-state index contributed by atoms with van der Waals surface area (Å²) in [5, 5.41) is 20.8. The van der Waals surface area contributed by atoms with Crippen LogP contribution in [-0.4, -0.2) is 31.3 Å². The number of hydrogen-bond donors (Lipinski definition) is 1. The van der Waals surface area contributed by atoms with Gasteiger partial charge in [-0.1, -0.05) is 49.6 Å². The van der Waals surface area contributed by atoms with Gasteiger partial charge in [-0.2, -0.15) is 0 Å². The third kappa shape index (κ3) is 3.01. The molecule has 0 aliphatic rings. The summed E-state index contributed by atoms with van der Waals surface area (Å²) >= 11 is 0. The van der Waals surface area contributed by atoms with E-state index in [0.29, 0.717) is 12.2 Å². The average Bonchev–Trinajstić information content (AvgIpc) is 2.89. The SMILES string of the molecule is CCCCC(C(=O)O)n1nnnc1-c1ccc(C)cc1. The van der Waals surface area contributed by atoms with Crippen molar-refractivity contribution < 1.29 is 9.90 Å². The van der Waals surface area contributed by atoms with Gasteiger partial charge in [-0.15, -0.1) is 5.10 Å². The Hall–Kier alpha value is -2.24. The Morgan fingerprint density at radius 1 is 1.35 bits per heavy atom. The highest BCUT2D eigenvalue weighted by atomic mass is 16.4. The molecule has 0 amide bonds. The number of rotatable bonds is 6. The molecule has 106 valence electrons. The summed E-state index contributed by atoms with van der Waals surface area (Å²) in [6.07, 6.45) is 2.28. The Morgan fingerprint density at radius 2 is 2.05 bits per heavy atom. The molecule has 1 atom stereocenters. The van der Waals surface area contributed by atoms with Crippen molar-refractivity contribution >= 4 is 5.97 Å². The number of carbonyl (C=O) groups is 1. The second kappa shape index (κ2) is 6.27. The van der Waals surface area contributed by atoms with Crippen molar-refractivity contribution in [2.24, 2.45) is 0 Å². The summed E-state index contributed by atoms with van der Waals surface area (Å²) in [7, 11) is 0. The molecule has 1 aromatic carbocycles. The molecule has 1 N–H and O–H groups in total. The van der Waals surface area contributed by atoms with Gasteiger partial charge in [0.15, 0.2) is 11.9 Å². The smallest absolute Gasteiger partial charge is 0.328 e. The molecule has 1 heterocycles. The zero-order valence-electron chi connectivity index (χ0n) is 11.7. The van der Waals surface area contributed by atoms with Crippen molar-refractivity contribution in [3.05, 3.63) is 29.8 Å². The van der Waals surface area contributed by atoms with Crippen LogP contribution in [0.2, 0.25) is 0 Å². The average molecular weight is 274 g/mol. The van der Waals surface area contributed by atoms with Gasteiger partial charge in [0.25, 0.3) is 0 Å². The third-order valence-electron chi connectivity index (χ3n) is 3.21. The topological polar surface area (TPSA) is 80.9 Å². The highest BCUT2D eigenvalue weighted by Crippen LogP contribution is 2.22. The van der Waals surface area contributed by atoms with Crippen LogP contribution in [0, 0.1) is 6.92 Å². The second-order valence-corrected chi connectivity index (χ2v) is 4.81. The van der Waals surface area contributed by atoms with Gasteiger partial charge < -0.3 is 5.11 Å². The molecule has 0 saturated heterocycles. The van der Waals surface area contributed by atoms with Crippen LogP contribution in [-0.2, 0) is 4.79 Å². The van der Waals surface area contributed by atoms with E-state index in [1.54, 1.807) is 0 Å². The van der Waals surface area contributed by atoms with Crippen molar-refractivity contribution in [1.29, 1.82) is 0 Å². The number of carboxylic acids is 1. The molecule has 20 heavy (non-hydrogen) atoms. The lowest BCUT2D eigenvalue weighted by atomic mass is 10.1. The van der Waals surface area contributed by atoms with Gasteiger partial charge >= 0.3 is 5.97 Å². The standard InChI is InChI=1S/C14H18N4O2/c1-3-4-5-12(14(19)20)18-13(15-16-17-18)11-8-6-10(2)7-9-11/h6-9,12H,3-5H2,1-2H3,(H,19,20). The van der Waals surface area contributed by atoms with E-state index >= 15 is 0 Å². The fraction of sp³-hybridized carbons (Fsp3) is 0.429. The van der Waals surface area contributed by atoms with E-state index in [1.807, 2.05) is 38.1 Å². The first-order valence-electron chi connectivity index (χ1n) is 6.71. The van der Waals surface area contributed by atoms with E-state index in [1.165, 1.54) is 4.68 Å². The van der Waals surface area contributed by atoms with Gasteiger partial charge in [-0.25, -0.2) is 9.48 Å². The van der Waals surface area contributed by atoms with Gasteiger partial charge in [0.2, 0.25) is 0 Å². The van der Waals surface area contributed by atoms with Crippen molar-refractivity contribution in [3.8, 4) is 11.4 Å². The molecule has 1 aromatic heterocycles. The largest absolute Gasteiger partial charge is 0.480 e. The quantitative estimate of drug-likeness (QED) is 0.875. The van der Waals surface area contributed by atoms with Crippen LogP contribution in [0.1, 0.15) is 37.8 Å². The molecule has 0 fully saturated rings. The van der Waals surface area contributed by atoms with Gasteiger partial charge in [0.1, 0.15) is 0 Å². The molecule has 0 radical (unpaired) electrons. The number of unbranched alkanes of at least 4 members (excludes halogenated alkanes) is 1. The molecule has 0 saturated carbocycles. The molecule has 6 heteroatoms. The van der Waals surface area contributed by atoms with Crippen LogP contribution in [0.4, 0.5) is 0 Å². The van der Waals surface area contributed by atoms with Crippen molar-refractivity contribution in [2.45, 2.75) is 39.2 Å². The fourth-order valence-corrected chi connectivity index (χ4v) is 2.04. The molecule has 0 bridgehead atoms. The number of nitrogens with zero attached hydrogens (tertiary/aromatic N) is 4. The van der Waals surface area contributed by atoms with Crippen molar-refractivity contribution in [1.82, 2.24) is 20.2 Å². The molecule has 1 unspecified atom stereocenters. The predicted octanol–water partition coefficient (Wildman–Crippen LogP) is 2.46. The number of carboxylic acid groups (broad SMARTS) is 1. The lowest BCUT2D eigenvalue weighted by Crippen LogP contribution is -2.21. The Bertz CT molecular complexity index is 577. The fourth-order valence-electron chi connectivity index (χ4n) is 2.04. The molecule has 6 nitrogen and oxygen atoms in total.